The quantitative estimate of drug-likeness (QED) is 0.0458. The van der Waals surface area contributed by atoms with Gasteiger partial charge in [0.15, 0.2) is 50.3 Å². The van der Waals surface area contributed by atoms with Crippen LogP contribution in [0.3, 0.4) is 0 Å². The van der Waals surface area contributed by atoms with Gasteiger partial charge in [-0.2, -0.15) is 0 Å². The van der Waals surface area contributed by atoms with Gasteiger partial charge in [0, 0.05) is 56.9 Å². The number of aliphatic hydroxyl groups is 11. The number of ether oxygens (including phenoxy) is 12. The maximum atomic E-state index is 9.31. The smallest absolute Gasteiger partial charge is 0.188 e. The molecule has 0 radical (unpaired) electrons. The normalized spacial score (nSPS) is 25.1. The Hall–Kier alpha value is -0.920. The van der Waals surface area contributed by atoms with E-state index in [0.29, 0.717) is 0 Å². The van der Waals surface area contributed by atoms with E-state index in [4.69, 9.17) is 78.7 Å². The molecule has 11 N–H and O–H groups in total. The fraction of sp³-hybridized carbons (Fsp3) is 1.00. The Morgan fingerprint density at radius 1 is 0.420 bits per heavy atom. The Labute approximate surface area is 290 Å². The third-order valence-electron chi connectivity index (χ3n) is 5.98. The Bertz CT molecular complexity index is 633. The molecule has 12 unspecified atom stereocenters. The van der Waals surface area contributed by atoms with Gasteiger partial charge in [-0.1, -0.05) is 0 Å². The van der Waals surface area contributed by atoms with Gasteiger partial charge < -0.3 is 113 Å². The van der Waals surface area contributed by atoms with Crippen molar-refractivity contribution in [2.24, 2.45) is 0 Å². The molecule has 1 aliphatic rings. The first-order valence-electron chi connectivity index (χ1n) is 14.7. The zero-order valence-corrected chi connectivity index (χ0v) is 29.6. The van der Waals surface area contributed by atoms with E-state index in [9.17, 15) is 15.3 Å². The Kier molecular flexibility index (Phi) is 36.2. The highest BCUT2D eigenvalue weighted by atomic mass is 16.8. The molecule has 0 bridgehead atoms. The summed E-state index contributed by atoms with van der Waals surface area (Å²) in [7, 11) is 10.8. The van der Waals surface area contributed by atoms with Crippen molar-refractivity contribution in [2.75, 3.05) is 96.5 Å². The molecule has 23 heteroatoms. The molecule has 1 aliphatic heterocycles. The highest BCUT2D eigenvalue weighted by Gasteiger charge is 2.44. The van der Waals surface area contributed by atoms with Crippen molar-refractivity contribution >= 4 is 0 Å². The van der Waals surface area contributed by atoms with Crippen molar-refractivity contribution in [3.8, 4) is 0 Å². The molecule has 0 spiro atoms. The average Bonchev–Trinajstić information content (AvgIpc) is 3.15. The minimum atomic E-state index is -1.33. The maximum absolute atomic E-state index is 9.31. The summed E-state index contributed by atoms with van der Waals surface area (Å²) in [6, 6.07) is 0. The van der Waals surface area contributed by atoms with Gasteiger partial charge in [-0.05, 0) is 0 Å². The van der Waals surface area contributed by atoms with Gasteiger partial charge in [0.1, 0.15) is 30.5 Å². The standard InChI is InChI=1S/C7H14O6.2C7H16O6.C6H14O5/c1-11-6-4(9)3(8)5(10)7(12-2)13-6;2*1-11-6(4-9)13-7(12-2)5(10)3-8;1-9-5(3-7)11-6(4-8)10-2/h3-10H,1-2H3;2*5-10H,3-4H2,1-2H3;5-8H,3-4H2,1-2H3. The lowest BCUT2D eigenvalue weighted by atomic mass is 10.0. The van der Waals surface area contributed by atoms with E-state index in [1.807, 2.05) is 0 Å². The molecule has 0 aromatic rings. The van der Waals surface area contributed by atoms with Gasteiger partial charge in [0.05, 0.1) is 39.6 Å². The summed E-state index contributed by atoms with van der Waals surface area (Å²) in [6.07, 6.45) is -13.4. The summed E-state index contributed by atoms with van der Waals surface area (Å²) >= 11 is 0. The number of hydrogen-bond donors (Lipinski definition) is 11. The molecule has 1 heterocycles. The van der Waals surface area contributed by atoms with Crippen LogP contribution < -0.4 is 0 Å². The van der Waals surface area contributed by atoms with Crippen LogP contribution in [-0.4, -0.2) is 234 Å². The molecule has 306 valence electrons. The lowest BCUT2D eigenvalue weighted by Gasteiger charge is -2.38. The number of rotatable bonds is 22. The lowest BCUT2D eigenvalue weighted by Crippen LogP contribution is -2.58. The highest BCUT2D eigenvalue weighted by Crippen LogP contribution is 2.21. The van der Waals surface area contributed by atoms with Crippen molar-refractivity contribution in [3.63, 3.8) is 0 Å². The van der Waals surface area contributed by atoms with Crippen molar-refractivity contribution in [3.05, 3.63) is 0 Å². The zero-order chi connectivity index (χ0) is 39.2. The van der Waals surface area contributed by atoms with Crippen LogP contribution in [0.25, 0.3) is 0 Å². The van der Waals surface area contributed by atoms with Crippen LogP contribution in [-0.2, 0) is 56.8 Å². The van der Waals surface area contributed by atoms with Crippen LogP contribution in [0.5, 0.6) is 0 Å². The topological polar surface area (TPSA) is 333 Å². The van der Waals surface area contributed by atoms with E-state index >= 15 is 0 Å². The molecule has 1 rings (SSSR count). The van der Waals surface area contributed by atoms with Gasteiger partial charge in [-0.25, -0.2) is 0 Å². The molecule has 0 amide bonds. The second kappa shape index (κ2) is 33.9. The minimum absolute atomic E-state index is 0.267. The van der Waals surface area contributed by atoms with Crippen molar-refractivity contribution in [1.29, 1.82) is 0 Å². The summed E-state index contributed by atoms with van der Waals surface area (Å²) in [6.45, 7) is -2.21. The van der Waals surface area contributed by atoms with Gasteiger partial charge in [-0.3, -0.25) is 0 Å². The van der Waals surface area contributed by atoms with Crippen LogP contribution in [0.1, 0.15) is 0 Å². The highest BCUT2D eigenvalue weighted by molar-refractivity contribution is 4.85. The van der Waals surface area contributed by atoms with E-state index in [1.54, 1.807) is 0 Å². The number of hydrogen-bond acceptors (Lipinski definition) is 23. The van der Waals surface area contributed by atoms with Crippen molar-refractivity contribution in [1.82, 2.24) is 0 Å². The van der Waals surface area contributed by atoms with Crippen LogP contribution in [0.2, 0.25) is 0 Å². The summed E-state index contributed by atoms with van der Waals surface area (Å²) < 4.78 is 57.4. The predicted molar refractivity (Wildman–Crippen MR) is 163 cm³/mol. The summed E-state index contributed by atoms with van der Waals surface area (Å²) in [5, 5.41) is 97.8. The Morgan fingerprint density at radius 2 is 0.700 bits per heavy atom. The maximum Gasteiger partial charge on any atom is 0.188 e. The van der Waals surface area contributed by atoms with Gasteiger partial charge in [0.25, 0.3) is 0 Å². The third-order valence-corrected chi connectivity index (χ3v) is 5.98. The predicted octanol–water partition coefficient (Wildman–Crippen LogP) is -6.44. The first-order valence-corrected chi connectivity index (χ1v) is 14.7. The molecule has 23 nitrogen and oxygen atoms in total. The van der Waals surface area contributed by atoms with Gasteiger partial charge in [-0.15, -0.1) is 0 Å². The first kappa shape index (κ1) is 53.4. The molecular weight excluding hydrogens is 692 g/mol. The van der Waals surface area contributed by atoms with E-state index < -0.39 is 94.1 Å². The van der Waals surface area contributed by atoms with E-state index in [0.717, 1.165) is 0 Å². The molecular formula is C27H60O23. The Balaban J connectivity index is -0.000000591. The molecule has 12 atom stereocenters. The summed E-state index contributed by atoms with van der Waals surface area (Å²) in [4.78, 5) is 0. The average molecular weight is 753 g/mol. The SMILES string of the molecule is COC(CO)OC(CO)OC.COC(CO)OC(OC)C(O)CO.COC(CO)OC(OC)C(O)CO.COC1OC(OC)C(O)C(O)C1O. The molecule has 0 aliphatic carbocycles. The number of methoxy groups -OCH3 is 8. The van der Waals surface area contributed by atoms with Crippen LogP contribution in [0.15, 0.2) is 0 Å². The van der Waals surface area contributed by atoms with Crippen molar-refractivity contribution < 1.29 is 113 Å². The number of aliphatic hydroxyl groups excluding tert-OH is 11. The van der Waals surface area contributed by atoms with E-state index in [1.165, 1.54) is 56.9 Å². The summed E-state index contributed by atoms with van der Waals surface area (Å²) in [5.41, 5.74) is 0. The molecule has 1 saturated heterocycles. The second-order valence-corrected chi connectivity index (χ2v) is 9.32. The van der Waals surface area contributed by atoms with Crippen LogP contribution >= 0.6 is 0 Å². The van der Waals surface area contributed by atoms with Crippen LogP contribution in [0.4, 0.5) is 0 Å². The second-order valence-electron chi connectivity index (χ2n) is 9.32. The molecule has 50 heavy (non-hydrogen) atoms. The molecule has 0 aromatic carbocycles. The largest absolute Gasteiger partial charge is 0.393 e. The van der Waals surface area contributed by atoms with Crippen molar-refractivity contribution in [2.45, 2.75) is 80.8 Å². The monoisotopic (exact) mass is 752 g/mol. The van der Waals surface area contributed by atoms with Gasteiger partial charge in [0.2, 0.25) is 0 Å². The zero-order valence-electron chi connectivity index (χ0n) is 29.6. The summed E-state index contributed by atoms with van der Waals surface area (Å²) in [5.74, 6) is 0. The molecule has 0 saturated carbocycles. The third kappa shape index (κ3) is 22.2. The molecule has 0 aromatic heterocycles. The van der Waals surface area contributed by atoms with Crippen LogP contribution in [0, 0.1) is 0 Å². The fourth-order valence-electron chi connectivity index (χ4n) is 3.15. The van der Waals surface area contributed by atoms with E-state index in [-0.39, 0.29) is 26.4 Å². The first-order chi connectivity index (χ1) is 23.8. The van der Waals surface area contributed by atoms with Gasteiger partial charge >= 0.3 is 0 Å². The van der Waals surface area contributed by atoms with E-state index in [2.05, 4.69) is 18.9 Å². The Morgan fingerprint density at radius 3 is 0.900 bits per heavy atom. The molecule has 1 fully saturated rings. The lowest BCUT2D eigenvalue weighted by molar-refractivity contribution is -0.340. The minimum Gasteiger partial charge on any atom is -0.393 e. The fourth-order valence-corrected chi connectivity index (χ4v) is 3.15.